The number of nitrogen functional groups attached to an aromatic ring is 1. The molecular formula is C22H22N4O2. The van der Waals surface area contributed by atoms with Gasteiger partial charge in [-0.25, -0.2) is 0 Å². The summed E-state index contributed by atoms with van der Waals surface area (Å²) in [5, 5.41) is 15.1. The molecule has 0 aliphatic rings. The van der Waals surface area contributed by atoms with Crippen LogP contribution in [-0.4, -0.2) is 17.6 Å². The summed E-state index contributed by atoms with van der Waals surface area (Å²) >= 11 is 0. The van der Waals surface area contributed by atoms with Gasteiger partial charge >= 0.3 is 0 Å². The lowest BCUT2D eigenvalue weighted by Crippen LogP contribution is -2.30. The highest BCUT2D eigenvalue weighted by Crippen LogP contribution is 2.20. The summed E-state index contributed by atoms with van der Waals surface area (Å²) in [6.07, 6.45) is -0.271. The third kappa shape index (κ3) is 4.73. The zero-order valence-corrected chi connectivity index (χ0v) is 15.5. The molecule has 1 atom stereocenters. The zero-order valence-electron chi connectivity index (χ0n) is 15.5. The van der Waals surface area contributed by atoms with E-state index in [1.165, 1.54) is 0 Å². The molecule has 0 fully saturated rings. The van der Waals surface area contributed by atoms with Gasteiger partial charge in [0, 0.05) is 11.3 Å². The Balaban J connectivity index is 1.56. The molecular weight excluding hydrogens is 352 g/mol. The summed E-state index contributed by atoms with van der Waals surface area (Å²) in [6.45, 7) is 1.89. The lowest BCUT2D eigenvalue weighted by molar-refractivity contribution is -0.127. The van der Waals surface area contributed by atoms with E-state index in [0.29, 0.717) is 11.3 Å². The minimum atomic E-state index is -0.404. The Labute approximate surface area is 163 Å². The van der Waals surface area contributed by atoms with Gasteiger partial charge < -0.3 is 16.4 Å². The summed E-state index contributed by atoms with van der Waals surface area (Å²) < 4.78 is 0. The first-order chi connectivity index (χ1) is 13.4. The summed E-state index contributed by atoms with van der Waals surface area (Å²) in [4.78, 5) is 24.3. The molecule has 28 heavy (non-hydrogen) atoms. The van der Waals surface area contributed by atoms with Crippen molar-refractivity contribution < 1.29 is 9.59 Å². The maximum atomic E-state index is 12.2. The van der Waals surface area contributed by atoms with Crippen molar-refractivity contribution in [3.8, 4) is 0 Å². The van der Waals surface area contributed by atoms with Crippen LogP contribution in [0.15, 0.2) is 66.7 Å². The van der Waals surface area contributed by atoms with Gasteiger partial charge in [0.15, 0.2) is 0 Å². The molecule has 0 radical (unpaired) electrons. The van der Waals surface area contributed by atoms with Crippen LogP contribution in [0.25, 0.3) is 10.8 Å². The van der Waals surface area contributed by atoms with E-state index in [2.05, 4.69) is 10.6 Å². The fraction of sp³-hybridized carbons (Fsp3) is 0.136. The molecule has 5 N–H and O–H groups in total. The predicted octanol–water partition coefficient (Wildman–Crippen LogP) is 3.33. The van der Waals surface area contributed by atoms with E-state index in [9.17, 15) is 9.59 Å². The SMILES string of the molecule is C[C@H](NC(=O)CC(=O)Nc1ccc(C(=N)N)cc1)c1ccc2ccccc2c1. The molecule has 3 aromatic rings. The van der Waals surface area contributed by atoms with Crippen LogP contribution in [0, 0.1) is 5.41 Å². The van der Waals surface area contributed by atoms with E-state index in [4.69, 9.17) is 11.1 Å². The van der Waals surface area contributed by atoms with Gasteiger partial charge in [0.05, 0.1) is 6.04 Å². The summed E-state index contributed by atoms with van der Waals surface area (Å²) in [5.41, 5.74) is 7.49. The number of nitrogens with one attached hydrogen (secondary N) is 3. The predicted molar refractivity (Wildman–Crippen MR) is 111 cm³/mol. The molecule has 0 unspecified atom stereocenters. The number of carbonyl (C=O) groups excluding carboxylic acids is 2. The van der Waals surface area contributed by atoms with Crippen LogP contribution >= 0.6 is 0 Å². The van der Waals surface area contributed by atoms with Crippen molar-refractivity contribution in [1.29, 1.82) is 5.41 Å². The Bertz CT molecular complexity index is 1030. The van der Waals surface area contributed by atoms with Crippen LogP contribution in [0.1, 0.15) is 30.5 Å². The normalized spacial score (nSPS) is 11.6. The maximum Gasteiger partial charge on any atom is 0.233 e. The molecule has 0 aliphatic heterocycles. The van der Waals surface area contributed by atoms with Crippen molar-refractivity contribution >= 4 is 34.1 Å². The van der Waals surface area contributed by atoms with Gasteiger partial charge in [0.2, 0.25) is 11.8 Å². The molecule has 3 rings (SSSR count). The van der Waals surface area contributed by atoms with E-state index < -0.39 is 5.91 Å². The van der Waals surface area contributed by atoms with Crippen LogP contribution in [0.4, 0.5) is 5.69 Å². The first kappa shape index (κ1) is 19.1. The number of hydrogen-bond donors (Lipinski definition) is 4. The number of amides is 2. The molecule has 6 nitrogen and oxygen atoms in total. The Morgan fingerprint density at radius 3 is 2.32 bits per heavy atom. The van der Waals surface area contributed by atoms with Gasteiger partial charge in [0.25, 0.3) is 0 Å². The molecule has 0 saturated heterocycles. The summed E-state index contributed by atoms with van der Waals surface area (Å²) in [7, 11) is 0. The van der Waals surface area contributed by atoms with Crippen molar-refractivity contribution in [3.05, 3.63) is 77.9 Å². The largest absolute Gasteiger partial charge is 0.384 e. The van der Waals surface area contributed by atoms with Gasteiger partial charge in [-0.1, -0.05) is 36.4 Å². The molecule has 0 aliphatic carbocycles. The minimum Gasteiger partial charge on any atom is -0.384 e. The third-order valence-corrected chi connectivity index (χ3v) is 4.45. The van der Waals surface area contributed by atoms with Crippen molar-refractivity contribution in [2.75, 3.05) is 5.32 Å². The molecule has 142 valence electrons. The first-order valence-electron chi connectivity index (χ1n) is 8.95. The van der Waals surface area contributed by atoms with Gasteiger partial charge in [-0.15, -0.1) is 0 Å². The third-order valence-electron chi connectivity index (χ3n) is 4.45. The van der Waals surface area contributed by atoms with Gasteiger partial charge in [0.1, 0.15) is 12.3 Å². The van der Waals surface area contributed by atoms with Crippen LogP contribution in [-0.2, 0) is 9.59 Å². The van der Waals surface area contributed by atoms with E-state index in [1.54, 1.807) is 24.3 Å². The second kappa shape index (κ2) is 8.35. The van der Waals surface area contributed by atoms with E-state index in [-0.39, 0.29) is 24.2 Å². The molecule has 0 heterocycles. The van der Waals surface area contributed by atoms with Gasteiger partial charge in [-0.2, -0.15) is 0 Å². The van der Waals surface area contributed by atoms with E-state index >= 15 is 0 Å². The average Bonchev–Trinajstić information content (AvgIpc) is 2.67. The Morgan fingerprint density at radius 2 is 1.64 bits per heavy atom. The molecule has 0 bridgehead atoms. The number of benzene rings is 3. The lowest BCUT2D eigenvalue weighted by Gasteiger charge is -2.15. The maximum absolute atomic E-state index is 12.2. The van der Waals surface area contributed by atoms with Crippen molar-refractivity contribution in [1.82, 2.24) is 5.32 Å². The highest BCUT2D eigenvalue weighted by atomic mass is 16.2. The molecule has 0 aromatic heterocycles. The van der Waals surface area contributed by atoms with Crippen LogP contribution < -0.4 is 16.4 Å². The van der Waals surface area contributed by atoms with Crippen molar-refractivity contribution in [3.63, 3.8) is 0 Å². The fourth-order valence-electron chi connectivity index (χ4n) is 2.94. The van der Waals surface area contributed by atoms with Crippen LogP contribution in [0.5, 0.6) is 0 Å². The second-order valence-corrected chi connectivity index (χ2v) is 6.61. The smallest absolute Gasteiger partial charge is 0.233 e. The number of rotatable bonds is 6. The van der Waals surface area contributed by atoms with Gasteiger partial charge in [-0.05, 0) is 53.6 Å². The van der Waals surface area contributed by atoms with E-state index in [1.807, 2.05) is 49.4 Å². The standard InChI is InChI=1S/C22H22N4O2/c1-14(17-7-6-15-4-2-3-5-18(15)12-17)25-20(27)13-21(28)26-19-10-8-16(9-11-19)22(23)24/h2-12,14H,13H2,1H3,(H3,23,24)(H,25,27)(H,26,28)/t14-/m0/s1. The number of carbonyl (C=O) groups is 2. The number of hydrogen-bond acceptors (Lipinski definition) is 3. The zero-order chi connectivity index (χ0) is 20.1. The lowest BCUT2D eigenvalue weighted by atomic mass is 10.0. The fourth-order valence-corrected chi connectivity index (χ4v) is 2.94. The Morgan fingerprint density at radius 1 is 0.964 bits per heavy atom. The van der Waals surface area contributed by atoms with Crippen molar-refractivity contribution in [2.45, 2.75) is 19.4 Å². The van der Waals surface area contributed by atoms with Crippen molar-refractivity contribution in [2.24, 2.45) is 5.73 Å². The number of nitrogens with two attached hydrogens (primary N) is 1. The number of amidine groups is 1. The topological polar surface area (TPSA) is 108 Å². The highest BCUT2D eigenvalue weighted by molar-refractivity contribution is 6.04. The molecule has 0 spiro atoms. The average molecular weight is 374 g/mol. The quantitative estimate of drug-likeness (QED) is 0.302. The number of anilines is 1. The van der Waals surface area contributed by atoms with E-state index in [0.717, 1.165) is 16.3 Å². The second-order valence-electron chi connectivity index (χ2n) is 6.61. The van der Waals surface area contributed by atoms with Gasteiger partial charge in [-0.3, -0.25) is 15.0 Å². The summed E-state index contributed by atoms with van der Waals surface area (Å²) in [6, 6.07) is 20.4. The Hall–Kier alpha value is -3.67. The molecule has 6 heteroatoms. The molecule has 3 aromatic carbocycles. The molecule has 2 amide bonds. The van der Waals surface area contributed by atoms with Crippen LogP contribution in [0.3, 0.4) is 0 Å². The summed E-state index contributed by atoms with van der Waals surface area (Å²) in [5.74, 6) is -0.794. The minimum absolute atomic E-state index is 0.0417. The Kier molecular flexibility index (Phi) is 5.69. The monoisotopic (exact) mass is 374 g/mol. The highest BCUT2D eigenvalue weighted by Gasteiger charge is 2.14. The number of fused-ring (bicyclic) bond motifs is 1. The van der Waals surface area contributed by atoms with Crippen LogP contribution in [0.2, 0.25) is 0 Å². The first-order valence-corrected chi connectivity index (χ1v) is 8.95. The molecule has 0 saturated carbocycles.